The molecule has 0 spiro atoms. The van der Waals surface area contributed by atoms with Crippen LogP contribution in [0.15, 0.2) is 0 Å². The minimum Gasteiger partial charge on any atom is -0.459 e. The summed E-state index contributed by atoms with van der Waals surface area (Å²) < 4.78 is 124. The maximum absolute atomic E-state index is 12.5. The Hall–Kier alpha value is -1.76. The van der Waals surface area contributed by atoms with Gasteiger partial charge in [-0.1, -0.05) is 0 Å². The monoisotopic (exact) mass is 367 g/mol. The second kappa shape index (κ2) is 6.39. The summed E-state index contributed by atoms with van der Waals surface area (Å²) in [5.74, 6) is -17.7. The fourth-order valence-electron chi connectivity index (χ4n) is 0.892. The Labute approximate surface area is 120 Å². The molecule has 0 radical (unpaired) electrons. The van der Waals surface area contributed by atoms with Crippen LogP contribution in [0.3, 0.4) is 0 Å². The molecule has 0 aromatic heterocycles. The Morgan fingerprint density at radius 2 is 1.26 bits per heavy atom. The van der Waals surface area contributed by atoms with Crippen molar-refractivity contribution in [2.75, 3.05) is 6.61 Å². The maximum Gasteiger partial charge on any atom is 0.465 e. The summed E-state index contributed by atoms with van der Waals surface area (Å²) in [5.41, 5.74) is 0. The minimum absolute atomic E-state index is 0.628. The summed E-state index contributed by atoms with van der Waals surface area (Å²) >= 11 is 0. The van der Waals surface area contributed by atoms with Crippen molar-refractivity contribution in [2.45, 2.75) is 37.2 Å². The van der Waals surface area contributed by atoms with Gasteiger partial charge < -0.3 is 10.1 Å². The van der Waals surface area contributed by atoms with Gasteiger partial charge in [0.15, 0.2) is 0 Å². The van der Waals surface area contributed by atoms with Gasteiger partial charge in [0.1, 0.15) is 6.61 Å². The van der Waals surface area contributed by atoms with Crippen LogP contribution >= 0.6 is 0 Å². The van der Waals surface area contributed by atoms with Crippen LogP contribution in [-0.2, 0) is 14.3 Å². The number of ether oxygens (including phenoxy) is 1. The van der Waals surface area contributed by atoms with Gasteiger partial charge in [0, 0.05) is 0 Å². The molecule has 0 aromatic rings. The predicted molar refractivity (Wildman–Crippen MR) is 50.6 cm³/mol. The Kier molecular flexibility index (Phi) is 5.90. The van der Waals surface area contributed by atoms with E-state index in [9.17, 15) is 53.5 Å². The van der Waals surface area contributed by atoms with Crippen LogP contribution in [0.1, 0.15) is 6.92 Å². The van der Waals surface area contributed by atoms with Gasteiger partial charge in [0.05, 0.1) is 6.04 Å². The third-order valence-electron chi connectivity index (χ3n) is 2.10. The summed E-state index contributed by atoms with van der Waals surface area (Å²) in [6, 6.07) is -1.90. The second-order valence-corrected chi connectivity index (χ2v) is 4.12. The fraction of sp³-hybridized carbons (Fsp3) is 0.778. The van der Waals surface area contributed by atoms with Gasteiger partial charge >= 0.3 is 36.1 Å². The van der Waals surface area contributed by atoms with Crippen molar-refractivity contribution in [3.05, 3.63) is 0 Å². The highest BCUT2D eigenvalue weighted by Gasteiger charge is 2.65. The maximum atomic E-state index is 12.5. The number of rotatable bonds is 5. The molecule has 14 heteroatoms. The molecule has 0 saturated carbocycles. The molecule has 1 atom stereocenters. The Morgan fingerprint density at radius 1 is 0.870 bits per heavy atom. The van der Waals surface area contributed by atoms with Crippen molar-refractivity contribution < 1.29 is 58.2 Å². The first-order valence-electron chi connectivity index (χ1n) is 5.32. The molecular formula is C9H7F10NO3. The summed E-state index contributed by atoms with van der Waals surface area (Å²) in [7, 11) is 0. The van der Waals surface area contributed by atoms with Crippen LogP contribution < -0.4 is 5.32 Å². The van der Waals surface area contributed by atoms with Gasteiger partial charge in [-0.2, -0.15) is 43.9 Å². The fourth-order valence-corrected chi connectivity index (χ4v) is 0.892. The van der Waals surface area contributed by atoms with Gasteiger partial charge in [-0.15, -0.1) is 0 Å². The molecule has 0 bridgehead atoms. The van der Waals surface area contributed by atoms with Gasteiger partial charge in [-0.25, -0.2) is 4.79 Å². The van der Waals surface area contributed by atoms with Gasteiger partial charge in [0.25, 0.3) is 0 Å². The Bertz CT molecular complexity index is 455. The molecule has 0 aromatic carbocycles. The normalized spacial score (nSPS) is 15.1. The summed E-state index contributed by atoms with van der Waals surface area (Å²) in [5, 5.41) is 0.960. The molecule has 1 N–H and O–H groups in total. The van der Waals surface area contributed by atoms with Crippen molar-refractivity contribution >= 4 is 11.9 Å². The number of nitrogens with one attached hydrogen (secondary N) is 1. The molecular weight excluding hydrogens is 360 g/mol. The first kappa shape index (κ1) is 21.2. The van der Waals surface area contributed by atoms with E-state index in [0.717, 1.165) is 5.32 Å². The number of amides is 1. The van der Waals surface area contributed by atoms with E-state index < -0.39 is 48.7 Å². The molecule has 0 aliphatic heterocycles. The van der Waals surface area contributed by atoms with Crippen LogP contribution in [0, 0.1) is 0 Å². The molecule has 1 amide bonds. The molecule has 0 saturated heterocycles. The van der Waals surface area contributed by atoms with Gasteiger partial charge in [0.2, 0.25) is 0 Å². The lowest BCUT2D eigenvalue weighted by Crippen LogP contribution is -2.53. The third kappa shape index (κ3) is 4.86. The summed E-state index contributed by atoms with van der Waals surface area (Å²) in [4.78, 5) is 21.2. The zero-order chi connectivity index (χ0) is 18.9. The van der Waals surface area contributed by atoms with E-state index in [0.29, 0.717) is 6.92 Å². The molecule has 0 fully saturated rings. The molecule has 0 heterocycles. The van der Waals surface area contributed by atoms with Crippen molar-refractivity contribution in [1.29, 1.82) is 0 Å². The van der Waals surface area contributed by atoms with Crippen LogP contribution in [0.2, 0.25) is 0 Å². The van der Waals surface area contributed by atoms with Crippen molar-refractivity contribution in [3.8, 4) is 0 Å². The number of carbonyl (C=O) groups excluding carboxylic acids is 2. The third-order valence-corrected chi connectivity index (χ3v) is 2.10. The first-order valence-corrected chi connectivity index (χ1v) is 5.32. The highest BCUT2D eigenvalue weighted by Crippen LogP contribution is 2.37. The van der Waals surface area contributed by atoms with Crippen LogP contribution in [0.25, 0.3) is 0 Å². The zero-order valence-corrected chi connectivity index (χ0v) is 10.8. The average molecular weight is 367 g/mol. The van der Waals surface area contributed by atoms with Crippen molar-refractivity contribution in [1.82, 2.24) is 5.32 Å². The molecule has 136 valence electrons. The largest absolute Gasteiger partial charge is 0.465 e. The van der Waals surface area contributed by atoms with E-state index >= 15 is 0 Å². The number of halogens is 10. The standard InChI is InChI=1S/C9H7F10NO3/c1-3(20-4(21)6(10,11)8(14,15)16)2-23-5(22)7(12,13)9(17,18)19/h3H,2H2,1H3,(H,20,21). The molecule has 4 nitrogen and oxygen atoms in total. The van der Waals surface area contributed by atoms with Crippen molar-refractivity contribution in [2.24, 2.45) is 0 Å². The Balaban J connectivity index is 4.68. The number of hydrogen-bond acceptors (Lipinski definition) is 3. The molecule has 1 unspecified atom stereocenters. The predicted octanol–water partition coefficient (Wildman–Crippen LogP) is 2.43. The van der Waals surface area contributed by atoms with E-state index in [1.165, 1.54) is 0 Å². The lowest BCUT2D eigenvalue weighted by atomic mass is 10.2. The van der Waals surface area contributed by atoms with Gasteiger partial charge in [-0.05, 0) is 6.92 Å². The SMILES string of the molecule is CC(COC(=O)C(F)(F)C(F)(F)F)NC(=O)C(F)(F)C(F)(F)F. The molecule has 0 aliphatic rings. The zero-order valence-electron chi connectivity index (χ0n) is 10.8. The van der Waals surface area contributed by atoms with Crippen LogP contribution in [0.4, 0.5) is 43.9 Å². The number of alkyl halides is 10. The smallest absolute Gasteiger partial charge is 0.459 e. The quantitative estimate of drug-likeness (QED) is 0.600. The summed E-state index contributed by atoms with van der Waals surface area (Å²) in [6.07, 6.45) is -12.5. The number of hydrogen-bond donors (Lipinski definition) is 1. The highest BCUT2D eigenvalue weighted by atomic mass is 19.4. The first-order chi connectivity index (χ1) is 9.94. The highest BCUT2D eigenvalue weighted by molar-refractivity contribution is 5.84. The molecule has 0 rings (SSSR count). The van der Waals surface area contributed by atoms with Gasteiger partial charge in [-0.3, -0.25) is 4.79 Å². The second-order valence-electron chi connectivity index (χ2n) is 4.12. The van der Waals surface area contributed by atoms with E-state index in [2.05, 4.69) is 4.74 Å². The summed E-state index contributed by atoms with van der Waals surface area (Å²) in [6.45, 7) is -0.868. The van der Waals surface area contributed by atoms with E-state index in [1.54, 1.807) is 0 Å². The lowest BCUT2D eigenvalue weighted by molar-refractivity contribution is -0.280. The molecule has 0 aliphatic carbocycles. The number of carbonyl (C=O) groups is 2. The van der Waals surface area contributed by atoms with E-state index in [-0.39, 0.29) is 0 Å². The van der Waals surface area contributed by atoms with Crippen LogP contribution in [0.5, 0.6) is 0 Å². The van der Waals surface area contributed by atoms with Crippen LogP contribution in [-0.4, -0.2) is 48.7 Å². The van der Waals surface area contributed by atoms with E-state index in [1.807, 2.05) is 0 Å². The minimum atomic E-state index is -6.29. The van der Waals surface area contributed by atoms with E-state index in [4.69, 9.17) is 0 Å². The topological polar surface area (TPSA) is 55.4 Å². The number of esters is 1. The lowest BCUT2D eigenvalue weighted by Gasteiger charge is -2.22. The average Bonchev–Trinajstić information content (AvgIpc) is 2.32. The molecule has 23 heavy (non-hydrogen) atoms. The Morgan fingerprint density at radius 3 is 1.61 bits per heavy atom. The van der Waals surface area contributed by atoms with Crippen molar-refractivity contribution in [3.63, 3.8) is 0 Å².